The first-order valence-corrected chi connectivity index (χ1v) is 11.9. The van der Waals surface area contributed by atoms with Crippen LogP contribution in [0.5, 0.6) is 17.2 Å². The quantitative estimate of drug-likeness (QED) is 0.595. The number of sulfonamides is 1. The summed E-state index contributed by atoms with van der Waals surface area (Å²) in [6, 6.07) is 9.10. The van der Waals surface area contributed by atoms with Crippen molar-refractivity contribution in [2.24, 2.45) is 0 Å². The minimum atomic E-state index is -4.11. The van der Waals surface area contributed by atoms with Crippen molar-refractivity contribution >= 4 is 15.9 Å². The molecule has 0 saturated carbocycles. The van der Waals surface area contributed by atoms with Gasteiger partial charge in [-0.15, -0.1) is 0 Å². The molecule has 1 saturated heterocycles. The number of hydrogen-bond donors (Lipinski definition) is 0. The first kappa shape index (κ1) is 23.3. The van der Waals surface area contributed by atoms with Gasteiger partial charge in [-0.2, -0.15) is 4.31 Å². The summed E-state index contributed by atoms with van der Waals surface area (Å²) in [4.78, 5) is 16.3. The highest BCUT2D eigenvalue weighted by atomic mass is 32.2. The molecule has 0 N–H and O–H groups in total. The number of hydrogen-bond acceptors (Lipinski definition) is 7. The van der Waals surface area contributed by atoms with Gasteiger partial charge in [-0.25, -0.2) is 12.8 Å². The van der Waals surface area contributed by atoms with Gasteiger partial charge in [0.05, 0.1) is 13.7 Å². The van der Waals surface area contributed by atoms with E-state index in [9.17, 15) is 17.6 Å². The summed E-state index contributed by atoms with van der Waals surface area (Å²) in [5, 5.41) is 0. The van der Waals surface area contributed by atoms with Crippen molar-refractivity contribution in [1.29, 1.82) is 0 Å². The maximum Gasteiger partial charge on any atom is 0.247 e. The standard InChI is InChI=1S/C22H26FN3O6S/c1-24(33(28,29)21-12-17(23)4-6-19(21)30-2)14-22(27)26-9-7-25(8-10-26)13-16-3-5-18-20(11-16)32-15-31-18/h3-6,11-12H,7-10,13-15H2,1-2H3. The summed E-state index contributed by atoms with van der Waals surface area (Å²) in [6.45, 7) is 2.90. The van der Waals surface area contributed by atoms with Crippen LogP contribution < -0.4 is 14.2 Å². The Labute approximate surface area is 192 Å². The molecule has 4 rings (SSSR count). The molecular weight excluding hydrogens is 453 g/mol. The van der Waals surface area contributed by atoms with Crippen molar-refractivity contribution in [3.63, 3.8) is 0 Å². The van der Waals surface area contributed by atoms with E-state index in [-0.39, 0.29) is 29.9 Å². The largest absolute Gasteiger partial charge is 0.495 e. The molecule has 0 aromatic heterocycles. The highest BCUT2D eigenvalue weighted by Crippen LogP contribution is 2.33. The zero-order valence-electron chi connectivity index (χ0n) is 18.5. The second kappa shape index (κ2) is 9.54. The van der Waals surface area contributed by atoms with Crippen LogP contribution >= 0.6 is 0 Å². The molecule has 0 spiro atoms. The van der Waals surface area contributed by atoms with Crippen LogP contribution in [0.2, 0.25) is 0 Å². The monoisotopic (exact) mass is 479 g/mol. The average molecular weight is 480 g/mol. The van der Waals surface area contributed by atoms with Crippen LogP contribution in [-0.4, -0.2) is 82.1 Å². The number of ether oxygens (including phenoxy) is 3. The van der Waals surface area contributed by atoms with Gasteiger partial charge in [-0.05, 0) is 35.9 Å². The van der Waals surface area contributed by atoms with Crippen molar-refractivity contribution in [3.8, 4) is 17.2 Å². The van der Waals surface area contributed by atoms with E-state index in [2.05, 4.69) is 4.90 Å². The predicted molar refractivity (Wildman–Crippen MR) is 117 cm³/mol. The molecule has 2 aromatic carbocycles. The van der Waals surface area contributed by atoms with Crippen LogP contribution in [0, 0.1) is 5.82 Å². The van der Waals surface area contributed by atoms with Gasteiger partial charge >= 0.3 is 0 Å². The topological polar surface area (TPSA) is 88.6 Å². The van der Waals surface area contributed by atoms with E-state index in [1.807, 2.05) is 18.2 Å². The lowest BCUT2D eigenvalue weighted by atomic mass is 10.1. The summed E-state index contributed by atoms with van der Waals surface area (Å²) in [5.74, 6) is 0.490. The molecule has 178 valence electrons. The first-order valence-electron chi connectivity index (χ1n) is 10.5. The van der Waals surface area contributed by atoms with Gasteiger partial charge in [-0.1, -0.05) is 6.07 Å². The smallest absolute Gasteiger partial charge is 0.247 e. The third-order valence-electron chi connectivity index (χ3n) is 5.74. The third kappa shape index (κ3) is 5.05. The SMILES string of the molecule is COc1ccc(F)cc1S(=O)(=O)N(C)CC(=O)N1CCN(Cc2ccc3c(c2)OCO3)CC1. The second-order valence-electron chi connectivity index (χ2n) is 7.90. The average Bonchev–Trinajstić information content (AvgIpc) is 3.27. The predicted octanol–water partition coefficient (Wildman–Crippen LogP) is 1.53. The van der Waals surface area contributed by atoms with Gasteiger partial charge in [0.1, 0.15) is 16.5 Å². The Hall–Kier alpha value is -2.89. The number of likely N-dealkylation sites (N-methyl/N-ethyl adjacent to an activating group) is 1. The minimum absolute atomic E-state index is 0.0211. The summed E-state index contributed by atoms with van der Waals surface area (Å²) >= 11 is 0. The van der Waals surface area contributed by atoms with E-state index in [0.717, 1.165) is 33.5 Å². The molecule has 0 bridgehead atoms. The van der Waals surface area contributed by atoms with E-state index in [1.165, 1.54) is 20.2 Å². The Morgan fingerprint density at radius 3 is 2.55 bits per heavy atom. The molecule has 2 aromatic rings. The molecule has 0 radical (unpaired) electrons. The number of fused-ring (bicyclic) bond motifs is 1. The van der Waals surface area contributed by atoms with Gasteiger partial charge in [0.15, 0.2) is 11.5 Å². The van der Waals surface area contributed by atoms with Crippen LogP contribution in [0.4, 0.5) is 4.39 Å². The molecule has 0 unspecified atom stereocenters. The molecule has 1 amide bonds. The lowest BCUT2D eigenvalue weighted by Crippen LogP contribution is -2.51. The Morgan fingerprint density at radius 1 is 1.09 bits per heavy atom. The highest BCUT2D eigenvalue weighted by molar-refractivity contribution is 7.89. The summed E-state index contributed by atoms with van der Waals surface area (Å²) in [6.07, 6.45) is 0. The van der Waals surface area contributed by atoms with Gasteiger partial charge in [0.2, 0.25) is 22.7 Å². The molecule has 2 aliphatic heterocycles. The zero-order chi connectivity index (χ0) is 23.6. The first-order chi connectivity index (χ1) is 15.8. The molecular formula is C22H26FN3O6S. The van der Waals surface area contributed by atoms with E-state index < -0.39 is 15.8 Å². The van der Waals surface area contributed by atoms with Crippen LogP contribution in [0.15, 0.2) is 41.3 Å². The van der Waals surface area contributed by atoms with Crippen LogP contribution in [-0.2, 0) is 21.4 Å². The number of amides is 1. The van der Waals surface area contributed by atoms with Gasteiger partial charge in [0.25, 0.3) is 0 Å². The molecule has 9 nitrogen and oxygen atoms in total. The third-order valence-corrected chi connectivity index (χ3v) is 7.56. The van der Waals surface area contributed by atoms with Gasteiger partial charge in [0, 0.05) is 39.8 Å². The lowest BCUT2D eigenvalue weighted by Gasteiger charge is -2.35. The normalized spacial score (nSPS) is 16.3. The minimum Gasteiger partial charge on any atom is -0.495 e. The fourth-order valence-electron chi connectivity index (χ4n) is 3.85. The number of rotatable bonds is 7. The number of benzene rings is 2. The molecule has 33 heavy (non-hydrogen) atoms. The second-order valence-corrected chi connectivity index (χ2v) is 9.91. The molecule has 0 atom stereocenters. The van der Waals surface area contributed by atoms with Crippen molar-refractivity contribution < 1.29 is 31.8 Å². The number of piperazine rings is 1. The van der Waals surface area contributed by atoms with Crippen LogP contribution in [0.25, 0.3) is 0 Å². The van der Waals surface area contributed by atoms with Gasteiger partial charge < -0.3 is 19.1 Å². The summed E-state index contributed by atoms with van der Waals surface area (Å²) in [7, 11) is -1.50. The molecule has 11 heteroatoms. The Balaban J connectivity index is 1.33. The highest BCUT2D eigenvalue weighted by Gasteiger charge is 2.30. The number of nitrogens with zero attached hydrogens (tertiary/aromatic N) is 3. The lowest BCUT2D eigenvalue weighted by molar-refractivity contribution is -0.133. The fourth-order valence-corrected chi connectivity index (χ4v) is 5.13. The van der Waals surface area contributed by atoms with E-state index >= 15 is 0 Å². The number of halogens is 1. The van der Waals surface area contributed by atoms with Crippen molar-refractivity contribution in [1.82, 2.24) is 14.1 Å². The van der Waals surface area contributed by atoms with Crippen LogP contribution in [0.1, 0.15) is 5.56 Å². The number of carbonyl (C=O) groups excluding carboxylic acids is 1. The van der Waals surface area contributed by atoms with Crippen molar-refractivity contribution in [2.75, 3.05) is 53.7 Å². The summed E-state index contributed by atoms with van der Waals surface area (Å²) < 4.78 is 56.2. The molecule has 2 aliphatic rings. The van der Waals surface area contributed by atoms with E-state index in [1.54, 1.807) is 4.90 Å². The number of carbonyl (C=O) groups is 1. The fraction of sp³-hybridized carbons (Fsp3) is 0.409. The Bertz CT molecular complexity index is 1130. The van der Waals surface area contributed by atoms with Crippen molar-refractivity contribution in [3.05, 3.63) is 47.8 Å². The maximum absolute atomic E-state index is 13.7. The van der Waals surface area contributed by atoms with Crippen LogP contribution in [0.3, 0.4) is 0 Å². The number of methoxy groups -OCH3 is 1. The Morgan fingerprint density at radius 2 is 1.82 bits per heavy atom. The van der Waals surface area contributed by atoms with Crippen molar-refractivity contribution in [2.45, 2.75) is 11.4 Å². The molecule has 2 heterocycles. The maximum atomic E-state index is 13.7. The summed E-state index contributed by atoms with van der Waals surface area (Å²) in [5.41, 5.74) is 1.09. The van der Waals surface area contributed by atoms with Gasteiger partial charge in [-0.3, -0.25) is 9.69 Å². The molecule has 0 aliphatic carbocycles. The van der Waals surface area contributed by atoms with E-state index in [0.29, 0.717) is 32.7 Å². The zero-order valence-corrected chi connectivity index (χ0v) is 19.3. The Kier molecular flexibility index (Phi) is 6.73. The van der Waals surface area contributed by atoms with E-state index in [4.69, 9.17) is 14.2 Å². The molecule has 1 fully saturated rings.